The van der Waals surface area contributed by atoms with Gasteiger partial charge in [-0.05, 0) is 41.6 Å². The van der Waals surface area contributed by atoms with E-state index in [9.17, 15) is 0 Å². The third-order valence-corrected chi connectivity index (χ3v) is 3.34. The molecule has 1 heterocycles. The molecule has 0 aliphatic carbocycles. The number of aryl methyl sites for hydroxylation is 1. The van der Waals surface area contributed by atoms with Crippen molar-refractivity contribution in [3.8, 4) is 11.8 Å². The van der Waals surface area contributed by atoms with E-state index >= 15 is 0 Å². The number of hydrogen-bond donors (Lipinski definition) is 1. The Labute approximate surface area is 124 Å². The summed E-state index contributed by atoms with van der Waals surface area (Å²) in [6.45, 7) is 3.01. The zero-order valence-corrected chi connectivity index (χ0v) is 12.5. The number of halogens is 1. The minimum atomic E-state index is 0.292. The molecule has 0 atom stereocenters. The van der Waals surface area contributed by atoms with E-state index in [0.29, 0.717) is 23.6 Å². The van der Waals surface area contributed by atoms with Crippen molar-refractivity contribution in [2.45, 2.75) is 20.1 Å². The van der Waals surface area contributed by atoms with Gasteiger partial charge in [-0.25, -0.2) is 9.67 Å². The van der Waals surface area contributed by atoms with Gasteiger partial charge in [0.25, 0.3) is 0 Å². The van der Waals surface area contributed by atoms with Crippen LogP contribution in [0.4, 0.5) is 5.69 Å². The molecule has 0 unspecified atom stereocenters. The molecule has 2 rings (SSSR count). The van der Waals surface area contributed by atoms with Gasteiger partial charge in [0.1, 0.15) is 12.9 Å². The van der Waals surface area contributed by atoms with Gasteiger partial charge >= 0.3 is 0 Å². The molecule has 1 aromatic heterocycles. The van der Waals surface area contributed by atoms with Crippen LogP contribution in [0.15, 0.2) is 18.5 Å². The van der Waals surface area contributed by atoms with Crippen LogP contribution in [0.1, 0.15) is 18.3 Å². The van der Waals surface area contributed by atoms with Crippen molar-refractivity contribution >= 4 is 28.3 Å². The number of nitrogen functional groups attached to an aromatic ring is 1. The minimum Gasteiger partial charge on any atom is -0.482 e. The van der Waals surface area contributed by atoms with Crippen LogP contribution in [0.5, 0.6) is 5.75 Å². The highest BCUT2D eigenvalue weighted by molar-refractivity contribution is 14.1. The Morgan fingerprint density at radius 3 is 2.95 bits per heavy atom. The summed E-state index contributed by atoms with van der Waals surface area (Å²) in [6, 6.07) is 5.39. The zero-order chi connectivity index (χ0) is 13.8. The van der Waals surface area contributed by atoms with E-state index in [0.717, 1.165) is 15.9 Å². The van der Waals surface area contributed by atoms with Crippen LogP contribution in [0.2, 0.25) is 0 Å². The maximum absolute atomic E-state index is 8.85. The van der Waals surface area contributed by atoms with Crippen molar-refractivity contribution in [1.82, 2.24) is 14.8 Å². The molecule has 19 heavy (non-hydrogen) atoms. The summed E-state index contributed by atoms with van der Waals surface area (Å²) in [5.74, 6) is 1.31. The molecule has 0 radical (unpaired) electrons. The number of rotatable bonds is 4. The topological polar surface area (TPSA) is 89.8 Å². The second-order valence-electron chi connectivity index (χ2n) is 3.77. The molecule has 0 fully saturated rings. The van der Waals surface area contributed by atoms with Gasteiger partial charge in [-0.15, -0.1) is 0 Å². The summed E-state index contributed by atoms with van der Waals surface area (Å²) >= 11 is 2.10. The largest absolute Gasteiger partial charge is 0.482 e. The van der Waals surface area contributed by atoms with Crippen molar-refractivity contribution in [3.05, 3.63) is 33.4 Å². The van der Waals surface area contributed by atoms with Gasteiger partial charge in [0, 0.05) is 6.54 Å². The van der Waals surface area contributed by atoms with Crippen molar-refractivity contribution in [1.29, 1.82) is 5.26 Å². The predicted molar refractivity (Wildman–Crippen MR) is 78.3 cm³/mol. The fraction of sp³-hybridized carbons (Fsp3) is 0.250. The van der Waals surface area contributed by atoms with Gasteiger partial charge in [-0.3, -0.25) is 0 Å². The third-order valence-electron chi connectivity index (χ3n) is 2.54. The van der Waals surface area contributed by atoms with Crippen LogP contribution in [-0.4, -0.2) is 14.8 Å². The molecule has 0 aliphatic heterocycles. The Bertz CT molecular complexity index is 608. The molecule has 0 amide bonds. The smallest absolute Gasteiger partial charge is 0.164 e. The minimum absolute atomic E-state index is 0.292. The lowest BCUT2D eigenvalue weighted by molar-refractivity contribution is 0.287. The van der Waals surface area contributed by atoms with Gasteiger partial charge < -0.3 is 10.5 Å². The molecule has 0 bridgehead atoms. The van der Waals surface area contributed by atoms with Crippen molar-refractivity contribution in [2.75, 3.05) is 5.73 Å². The van der Waals surface area contributed by atoms with Crippen molar-refractivity contribution in [3.63, 3.8) is 0 Å². The quantitative estimate of drug-likeness (QED) is 0.657. The van der Waals surface area contributed by atoms with E-state index in [4.69, 9.17) is 15.7 Å². The van der Waals surface area contributed by atoms with Crippen LogP contribution in [-0.2, 0) is 13.2 Å². The second-order valence-corrected chi connectivity index (χ2v) is 4.93. The maximum atomic E-state index is 8.85. The Morgan fingerprint density at radius 2 is 2.32 bits per heavy atom. The lowest BCUT2D eigenvalue weighted by Gasteiger charge is -2.11. The lowest BCUT2D eigenvalue weighted by atomic mass is 10.2. The third kappa shape index (κ3) is 2.96. The first-order valence-electron chi connectivity index (χ1n) is 5.64. The van der Waals surface area contributed by atoms with E-state index in [2.05, 4.69) is 38.7 Å². The summed E-state index contributed by atoms with van der Waals surface area (Å²) in [5.41, 5.74) is 6.85. The van der Waals surface area contributed by atoms with E-state index in [1.54, 1.807) is 16.8 Å². The highest BCUT2D eigenvalue weighted by Gasteiger charge is 2.10. The normalized spacial score (nSPS) is 10.2. The number of anilines is 1. The monoisotopic (exact) mass is 369 g/mol. The molecule has 7 heteroatoms. The number of nitrogens with zero attached hydrogens (tertiary/aromatic N) is 4. The molecule has 6 nitrogen and oxygen atoms in total. The highest BCUT2D eigenvalue weighted by Crippen LogP contribution is 2.30. The zero-order valence-electron chi connectivity index (χ0n) is 10.3. The first-order chi connectivity index (χ1) is 9.15. The Hall–Kier alpha value is -1.82. The Kier molecular flexibility index (Phi) is 4.21. The number of hydrogen-bond acceptors (Lipinski definition) is 5. The summed E-state index contributed by atoms with van der Waals surface area (Å²) in [5, 5.41) is 12.9. The van der Waals surface area contributed by atoms with Crippen LogP contribution >= 0.6 is 22.6 Å². The van der Waals surface area contributed by atoms with E-state index < -0.39 is 0 Å². The number of nitriles is 1. The summed E-state index contributed by atoms with van der Waals surface area (Å²) < 4.78 is 8.25. The predicted octanol–water partition coefficient (Wildman–Crippen LogP) is 1.94. The van der Waals surface area contributed by atoms with E-state index in [-0.39, 0.29) is 0 Å². The summed E-state index contributed by atoms with van der Waals surface area (Å²) in [6.07, 6.45) is 1.50. The van der Waals surface area contributed by atoms with Gasteiger partial charge in [-0.2, -0.15) is 10.4 Å². The van der Waals surface area contributed by atoms with Crippen LogP contribution in [0, 0.1) is 14.9 Å². The molecule has 0 saturated carbocycles. The molecule has 98 valence electrons. The van der Waals surface area contributed by atoms with E-state index in [1.807, 2.05) is 6.92 Å². The van der Waals surface area contributed by atoms with Crippen LogP contribution in [0.25, 0.3) is 0 Å². The van der Waals surface area contributed by atoms with Crippen LogP contribution < -0.4 is 10.5 Å². The van der Waals surface area contributed by atoms with Crippen molar-refractivity contribution < 1.29 is 4.74 Å². The number of benzene rings is 1. The first kappa shape index (κ1) is 13.6. The molecular formula is C12H12IN5O. The molecular weight excluding hydrogens is 357 g/mol. The Balaban J connectivity index is 2.19. The molecule has 1 aromatic carbocycles. The van der Waals surface area contributed by atoms with Crippen LogP contribution in [0.3, 0.4) is 0 Å². The van der Waals surface area contributed by atoms with Gasteiger partial charge in [0.15, 0.2) is 11.6 Å². The first-order valence-corrected chi connectivity index (χ1v) is 6.72. The summed E-state index contributed by atoms with van der Waals surface area (Å²) in [4.78, 5) is 4.13. The van der Waals surface area contributed by atoms with Gasteiger partial charge in [-0.1, -0.05) is 0 Å². The average molecular weight is 369 g/mol. The molecule has 0 saturated heterocycles. The maximum Gasteiger partial charge on any atom is 0.164 e. The fourth-order valence-corrected chi connectivity index (χ4v) is 2.43. The Morgan fingerprint density at radius 1 is 1.53 bits per heavy atom. The second kappa shape index (κ2) is 5.88. The lowest BCUT2D eigenvalue weighted by Crippen LogP contribution is -2.08. The fourth-order valence-electron chi connectivity index (χ4n) is 1.63. The van der Waals surface area contributed by atoms with Gasteiger partial charge in [0.05, 0.1) is 20.9 Å². The number of aromatic nitrogens is 3. The average Bonchev–Trinajstić information content (AvgIpc) is 2.85. The SMILES string of the molecule is CCn1ncnc1COc1c(N)cc(C#N)cc1I. The van der Waals surface area contributed by atoms with Gasteiger partial charge in [0.2, 0.25) is 0 Å². The summed E-state index contributed by atoms with van der Waals surface area (Å²) in [7, 11) is 0. The number of ether oxygens (including phenoxy) is 1. The van der Waals surface area contributed by atoms with E-state index in [1.165, 1.54) is 6.33 Å². The standard InChI is InChI=1S/C12H12IN5O/c1-2-18-11(16-7-17-18)6-19-12-9(13)3-8(5-14)4-10(12)15/h3-4,7H,2,6,15H2,1H3. The molecule has 2 N–H and O–H groups in total. The number of nitrogens with two attached hydrogens (primary N) is 1. The van der Waals surface area contributed by atoms with Crippen molar-refractivity contribution in [2.24, 2.45) is 0 Å². The molecule has 2 aromatic rings. The molecule has 0 aliphatic rings. The molecule has 0 spiro atoms. The highest BCUT2D eigenvalue weighted by atomic mass is 127.